The minimum atomic E-state index is -0.554. The first kappa shape index (κ1) is 33.8. The van der Waals surface area contributed by atoms with Crippen LogP contribution in [0.3, 0.4) is 0 Å². The van der Waals surface area contributed by atoms with Crippen molar-refractivity contribution in [3.63, 3.8) is 0 Å². The van der Waals surface area contributed by atoms with Crippen LogP contribution in [-0.4, -0.2) is 47.1 Å². The van der Waals surface area contributed by atoms with Crippen LogP contribution in [0.15, 0.2) is 36.8 Å². The van der Waals surface area contributed by atoms with Gasteiger partial charge in [0.15, 0.2) is 0 Å². The van der Waals surface area contributed by atoms with Crippen molar-refractivity contribution in [1.29, 1.82) is 0 Å². The Hall–Kier alpha value is -2.70. The van der Waals surface area contributed by atoms with E-state index >= 15 is 0 Å². The second-order valence-electron chi connectivity index (χ2n) is 10.9. The summed E-state index contributed by atoms with van der Waals surface area (Å²) in [7, 11) is 0. The molecule has 0 aliphatic heterocycles. The molecule has 2 heterocycles. The molecule has 0 aliphatic rings. The van der Waals surface area contributed by atoms with Crippen molar-refractivity contribution in [2.75, 3.05) is 25.0 Å². The van der Waals surface area contributed by atoms with E-state index in [-0.39, 0.29) is 5.78 Å². The third-order valence-corrected chi connectivity index (χ3v) is 8.21. The van der Waals surface area contributed by atoms with Gasteiger partial charge in [-0.3, -0.25) is 9.93 Å². The average Bonchev–Trinajstić information content (AvgIpc) is 3.30. The maximum atomic E-state index is 13.6. The Balaban J connectivity index is 1.70. The minimum absolute atomic E-state index is 0.125. The third kappa shape index (κ3) is 10.5. The molecule has 228 valence electrons. The van der Waals surface area contributed by atoms with Crippen molar-refractivity contribution in [3.05, 3.63) is 73.8 Å². The van der Waals surface area contributed by atoms with E-state index in [0.717, 1.165) is 46.6 Å². The molecule has 0 saturated heterocycles. The lowest BCUT2D eigenvalue weighted by Crippen LogP contribution is -2.33. The number of nitrogens with two attached hydrogens (primary N) is 1. The number of amides is 1. The molecule has 1 atom stereocenters. The number of anilines is 1. The van der Waals surface area contributed by atoms with E-state index in [9.17, 15) is 9.59 Å². The number of halogens is 1. The molecule has 0 saturated carbocycles. The summed E-state index contributed by atoms with van der Waals surface area (Å²) in [5.41, 5.74) is 3.03. The highest BCUT2D eigenvalue weighted by molar-refractivity contribution is 7.92. The smallest absolute Gasteiger partial charge is 0.407 e. The lowest BCUT2D eigenvalue weighted by molar-refractivity contribution is 0.0528. The van der Waals surface area contributed by atoms with Crippen molar-refractivity contribution >= 4 is 52.9 Å². The van der Waals surface area contributed by atoms with Crippen LogP contribution < -0.4 is 15.8 Å². The SMILES string of the molecule is CCC(CCNc1ncncc1C(=O)c1cc(Cc2cc(Cl)ccc2CCNC(=O)OC(C)(C)C)c(C)s1)COSN. The van der Waals surface area contributed by atoms with Crippen molar-refractivity contribution in [2.24, 2.45) is 11.1 Å². The summed E-state index contributed by atoms with van der Waals surface area (Å²) in [5.74, 6) is 0.739. The molecule has 0 aliphatic carbocycles. The summed E-state index contributed by atoms with van der Waals surface area (Å²) in [6.45, 7) is 11.3. The molecule has 2 aromatic heterocycles. The van der Waals surface area contributed by atoms with Gasteiger partial charge in [0.05, 0.1) is 29.3 Å². The van der Waals surface area contributed by atoms with Crippen LogP contribution in [0.25, 0.3) is 0 Å². The summed E-state index contributed by atoms with van der Waals surface area (Å²) in [6, 6.07) is 7.71. The highest BCUT2D eigenvalue weighted by atomic mass is 35.5. The highest BCUT2D eigenvalue weighted by Gasteiger charge is 2.20. The van der Waals surface area contributed by atoms with E-state index < -0.39 is 11.7 Å². The van der Waals surface area contributed by atoms with Crippen LogP contribution in [0.5, 0.6) is 0 Å². The molecule has 0 bridgehead atoms. The molecule has 3 aromatic rings. The maximum Gasteiger partial charge on any atom is 0.407 e. The minimum Gasteiger partial charge on any atom is -0.444 e. The van der Waals surface area contributed by atoms with Gasteiger partial charge in [0.25, 0.3) is 0 Å². The fraction of sp³-hybridized carbons (Fsp3) is 0.467. The molecule has 1 aromatic carbocycles. The number of benzene rings is 1. The Kier molecular flexibility index (Phi) is 13.1. The van der Waals surface area contributed by atoms with Crippen molar-refractivity contribution < 1.29 is 18.5 Å². The molecule has 4 N–H and O–H groups in total. The standard InChI is InChI=1S/C30H40ClN5O4S2/c1-6-20(17-39-42-32)9-11-34-28-25(16-33-18-36-28)27(37)26-15-22(19(2)41-26)13-23-14-24(31)8-7-21(23)10-12-35-29(38)40-30(3,4)5/h7-8,14-16,18,20H,6,9-13,17,32H2,1-5H3,(H,35,38)(H,33,34,36). The summed E-state index contributed by atoms with van der Waals surface area (Å²) < 4.78 is 10.6. The summed E-state index contributed by atoms with van der Waals surface area (Å²) in [4.78, 5) is 35.8. The van der Waals surface area contributed by atoms with Gasteiger partial charge in [0.1, 0.15) is 17.7 Å². The van der Waals surface area contributed by atoms with Crippen LogP contribution in [-0.2, 0) is 21.8 Å². The summed E-state index contributed by atoms with van der Waals surface area (Å²) in [5, 5.41) is 12.1. The zero-order chi connectivity index (χ0) is 30.7. The van der Waals surface area contributed by atoms with Crippen molar-refractivity contribution in [1.82, 2.24) is 15.3 Å². The number of aromatic nitrogens is 2. The van der Waals surface area contributed by atoms with Crippen LogP contribution in [0.4, 0.5) is 10.6 Å². The quantitative estimate of drug-likeness (QED) is 0.0945. The van der Waals surface area contributed by atoms with Gasteiger partial charge in [0, 0.05) is 29.2 Å². The first-order valence-corrected chi connectivity index (χ1v) is 15.9. The molecular formula is C30H40ClN5O4S2. The Labute approximate surface area is 261 Å². The number of ether oxygens (including phenoxy) is 1. The summed E-state index contributed by atoms with van der Waals surface area (Å²) >= 11 is 8.69. The topological polar surface area (TPSA) is 128 Å². The molecule has 1 amide bonds. The number of thiophene rings is 1. The number of rotatable bonds is 15. The number of carbonyl (C=O) groups excluding carboxylic acids is 2. The first-order chi connectivity index (χ1) is 20.0. The molecule has 12 heteroatoms. The number of hydrogen-bond donors (Lipinski definition) is 3. The van der Waals surface area contributed by atoms with Crippen molar-refractivity contribution in [2.45, 2.75) is 65.9 Å². The highest BCUT2D eigenvalue weighted by Crippen LogP contribution is 2.29. The van der Waals surface area contributed by atoms with Gasteiger partial charge >= 0.3 is 6.09 Å². The number of nitrogens with zero attached hydrogens (tertiary/aromatic N) is 2. The Morgan fingerprint density at radius 1 is 1.17 bits per heavy atom. The Bertz CT molecular complexity index is 1350. The molecule has 0 fully saturated rings. The van der Waals surface area contributed by atoms with E-state index in [4.69, 9.17) is 25.7 Å². The monoisotopic (exact) mass is 633 g/mol. The van der Waals surface area contributed by atoms with E-state index in [1.807, 2.05) is 52.0 Å². The number of alkyl carbamates (subject to hydrolysis) is 1. The third-order valence-electron chi connectivity index (χ3n) is 6.61. The predicted molar refractivity (Wildman–Crippen MR) is 171 cm³/mol. The van der Waals surface area contributed by atoms with Crippen molar-refractivity contribution in [3.8, 4) is 0 Å². The first-order valence-electron chi connectivity index (χ1n) is 13.9. The van der Waals surface area contributed by atoms with Gasteiger partial charge in [-0.05, 0) is 87.8 Å². The van der Waals surface area contributed by atoms with Crippen LogP contribution in [0.1, 0.15) is 77.3 Å². The van der Waals surface area contributed by atoms with Gasteiger partial charge in [-0.15, -0.1) is 11.3 Å². The predicted octanol–water partition coefficient (Wildman–Crippen LogP) is 6.76. The average molecular weight is 634 g/mol. The molecule has 0 spiro atoms. The number of nitrogens with one attached hydrogen (secondary N) is 2. The van der Waals surface area contributed by atoms with E-state index in [0.29, 0.717) is 59.7 Å². The fourth-order valence-corrected chi connectivity index (χ4v) is 5.80. The van der Waals surface area contributed by atoms with E-state index in [2.05, 4.69) is 27.5 Å². The second kappa shape index (κ2) is 16.2. The zero-order valence-corrected chi connectivity index (χ0v) is 27.2. The molecular weight excluding hydrogens is 594 g/mol. The normalized spacial score (nSPS) is 12.2. The van der Waals surface area contributed by atoms with Gasteiger partial charge in [-0.1, -0.05) is 31.0 Å². The fourth-order valence-electron chi connectivity index (χ4n) is 4.33. The van der Waals surface area contributed by atoms with Crippen LogP contribution in [0, 0.1) is 12.8 Å². The second-order valence-corrected chi connectivity index (χ2v) is 13.1. The molecule has 0 radical (unpaired) electrons. The molecule has 1 unspecified atom stereocenters. The van der Waals surface area contributed by atoms with Gasteiger partial charge < -0.3 is 19.6 Å². The molecule has 3 rings (SSSR count). The number of ketones is 1. The number of carbonyl (C=O) groups is 2. The lowest BCUT2D eigenvalue weighted by atomic mass is 9.97. The maximum absolute atomic E-state index is 13.6. The number of aryl methyl sites for hydroxylation is 1. The zero-order valence-electron chi connectivity index (χ0n) is 24.8. The van der Waals surface area contributed by atoms with E-state index in [1.165, 1.54) is 17.7 Å². The Morgan fingerprint density at radius 3 is 2.67 bits per heavy atom. The number of hydrogen-bond acceptors (Lipinski definition) is 10. The molecule has 42 heavy (non-hydrogen) atoms. The lowest BCUT2D eigenvalue weighted by Gasteiger charge is -2.19. The van der Waals surface area contributed by atoms with Crippen LogP contribution in [0.2, 0.25) is 5.02 Å². The van der Waals surface area contributed by atoms with Crippen LogP contribution >= 0.6 is 35.2 Å². The largest absolute Gasteiger partial charge is 0.444 e. The van der Waals surface area contributed by atoms with E-state index in [1.54, 1.807) is 6.20 Å². The van der Waals surface area contributed by atoms with Gasteiger partial charge in [0.2, 0.25) is 5.78 Å². The summed E-state index contributed by atoms with van der Waals surface area (Å²) in [6.07, 6.45) is 5.59. The van der Waals surface area contributed by atoms with Gasteiger partial charge in [-0.25, -0.2) is 14.8 Å². The molecule has 9 nitrogen and oxygen atoms in total. The Morgan fingerprint density at radius 2 is 1.95 bits per heavy atom. The van der Waals surface area contributed by atoms with Gasteiger partial charge in [-0.2, -0.15) is 0 Å².